The summed E-state index contributed by atoms with van der Waals surface area (Å²) >= 11 is 0. The second-order valence-corrected chi connectivity index (χ2v) is 5.82. The van der Waals surface area contributed by atoms with Crippen LogP contribution < -0.4 is 15.4 Å². The highest BCUT2D eigenvalue weighted by Gasteiger charge is 2.18. The average molecular weight is 335 g/mol. The first-order valence-corrected chi connectivity index (χ1v) is 8.10. The first kappa shape index (κ1) is 18.2. The molecular formula is C17H25N3O4. The highest BCUT2D eigenvalue weighted by Crippen LogP contribution is 2.27. The summed E-state index contributed by atoms with van der Waals surface area (Å²) < 4.78 is 10.9. The lowest BCUT2D eigenvalue weighted by molar-refractivity contribution is -0.117. The van der Waals surface area contributed by atoms with Gasteiger partial charge in [0.1, 0.15) is 5.75 Å². The van der Waals surface area contributed by atoms with Crippen molar-refractivity contribution < 1.29 is 19.1 Å². The topological polar surface area (TPSA) is 79.9 Å². The molecule has 0 radical (unpaired) electrons. The molecule has 7 nitrogen and oxygen atoms in total. The number of hydrogen-bond acceptors (Lipinski definition) is 5. The van der Waals surface area contributed by atoms with E-state index in [2.05, 4.69) is 10.6 Å². The third-order valence-electron chi connectivity index (χ3n) is 3.64. The van der Waals surface area contributed by atoms with Gasteiger partial charge in [-0.15, -0.1) is 0 Å². The van der Waals surface area contributed by atoms with Crippen LogP contribution in [0.3, 0.4) is 0 Å². The van der Waals surface area contributed by atoms with Gasteiger partial charge in [-0.1, -0.05) is 0 Å². The summed E-state index contributed by atoms with van der Waals surface area (Å²) in [5.74, 6) is 0.259. The second kappa shape index (κ2) is 8.65. The highest BCUT2D eigenvalue weighted by molar-refractivity contribution is 5.97. The van der Waals surface area contributed by atoms with Crippen molar-refractivity contribution in [3.05, 3.63) is 23.8 Å². The number of carbonyl (C=O) groups excluding carboxylic acids is 2. The summed E-state index contributed by atoms with van der Waals surface area (Å²) in [5, 5.41) is 6.10. The van der Waals surface area contributed by atoms with Crippen molar-refractivity contribution in [2.24, 2.45) is 0 Å². The number of anilines is 1. The van der Waals surface area contributed by atoms with E-state index in [9.17, 15) is 9.59 Å². The Morgan fingerprint density at radius 1 is 1.42 bits per heavy atom. The molecule has 1 fully saturated rings. The van der Waals surface area contributed by atoms with Crippen molar-refractivity contribution in [1.82, 2.24) is 10.2 Å². The quantitative estimate of drug-likeness (QED) is 0.814. The highest BCUT2D eigenvalue weighted by atomic mass is 16.5. The van der Waals surface area contributed by atoms with E-state index in [0.29, 0.717) is 43.2 Å². The van der Waals surface area contributed by atoms with Gasteiger partial charge in [0.25, 0.3) is 5.91 Å². The van der Waals surface area contributed by atoms with Crippen LogP contribution in [0.15, 0.2) is 18.2 Å². The van der Waals surface area contributed by atoms with Crippen molar-refractivity contribution in [2.45, 2.75) is 19.4 Å². The van der Waals surface area contributed by atoms with E-state index < -0.39 is 0 Å². The van der Waals surface area contributed by atoms with Gasteiger partial charge in [-0.2, -0.15) is 0 Å². The summed E-state index contributed by atoms with van der Waals surface area (Å²) in [5.41, 5.74) is 1.08. The van der Waals surface area contributed by atoms with Crippen LogP contribution in [0.5, 0.6) is 5.75 Å². The average Bonchev–Trinajstić information content (AvgIpc) is 2.56. The van der Waals surface area contributed by atoms with Gasteiger partial charge in [-0.25, -0.2) is 0 Å². The Morgan fingerprint density at radius 2 is 2.21 bits per heavy atom. The van der Waals surface area contributed by atoms with E-state index >= 15 is 0 Å². The number of rotatable bonds is 6. The van der Waals surface area contributed by atoms with Crippen LogP contribution in [0.2, 0.25) is 0 Å². The number of morpholine rings is 1. The molecule has 132 valence electrons. The maximum absolute atomic E-state index is 12.2. The maximum Gasteiger partial charge on any atom is 0.253 e. The second-order valence-electron chi connectivity index (χ2n) is 5.82. The van der Waals surface area contributed by atoms with Crippen LogP contribution >= 0.6 is 0 Å². The first-order chi connectivity index (χ1) is 11.5. The molecule has 0 bridgehead atoms. The van der Waals surface area contributed by atoms with E-state index in [1.165, 1.54) is 4.90 Å². The number of benzene rings is 1. The lowest BCUT2D eigenvalue weighted by Crippen LogP contribution is -2.43. The zero-order valence-corrected chi connectivity index (χ0v) is 14.4. The fourth-order valence-electron chi connectivity index (χ4n) is 2.47. The van der Waals surface area contributed by atoms with E-state index in [1.54, 1.807) is 32.3 Å². The Bertz CT molecular complexity index is 583. The molecule has 1 saturated heterocycles. The normalized spacial score (nSPS) is 17.2. The van der Waals surface area contributed by atoms with Crippen LogP contribution in [-0.4, -0.2) is 63.2 Å². The van der Waals surface area contributed by atoms with E-state index in [4.69, 9.17) is 9.47 Å². The minimum absolute atomic E-state index is 0.0175. The van der Waals surface area contributed by atoms with E-state index in [1.807, 2.05) is 6.92 Å². The molecule has 2 amide bonds. The largest absolute Gasteiger partial charge is 0.492 e. The van der Waals surface area contributed by atoms with Crippen LogP contribution in [0.25, 0.3) is 0 Å². The van der Waals surface area contributed by atoms with Crippen molar-refractivity contribution >= 4 is 17.5 Å². The lowest BCUT2D eigenvalue weighted by atomic mass is 10.1. The first-order valence-electron chi connectivity index (χ1n) is 8.10. The molecule has 0 aliphatic carbocycles. The van der Waals surface area contributed by atoms with Gasteiger partial charge in [-0.05, 0) is 25.1 Å². The maximum atomic E-state index is 12.2. The van der Waals surface area contributed by atoms with Gasteiger partial charge in [0.2, 0.25) is 5.91 Å². The third kappa shape index (κ3) is 4.94. The number of ether oxygens (including phenoxy) is 2. The molecule has 0 spiro atoms. The van der Waals surface area contributed by atoms with Crippen LogP contribution in [-0.2, 0) is 9.53 Å². The Morgan fingerprint density at radius 3 is 2.83 bits per heavy atom. The molecule has 1 aromatic rings. The minimum Gasteiger partial charge on any atom is -0.492 e. The zero-order chi connectivity index (χ0) is 17.5. The smallest absolute Gasteiger partial charge is 0.253 e. The number of nitrogens with one attached hydrogen (secondary N) is 2. The summed E-state index contributed by atoms with van der Waals surface area (Å²) in [7, 11) is 3.38. The Kier molecular flexibility index (Phi) is 6.57. The number of carbonyl (C=O) groups is 2. The molecule has 1 heterocycles. The fraction of sp³-hybridized carbons (Fsp3) is 0.529. The lowest BCUT2D eigenvalue weighted by Gasteiger charge is -2.23. The molecule has 2 rings (SSSR count). The molecule has 24 heavy (non-hydrogen) atoms. The SMILES string of the molecule is CCOc1cc(C(=O)N(C)C)ccc1NC(=O)CC1COCCN1. The molecule has 0 saturated carbocycles. The molecule has 1 aromatic carbocycles. The Labute approximate surface area is 142 Å². The molecule has 1 atom stereocenters. The third-order valence-corrected chi connectivity index (χ3v) is 3.64. The molecule has 7 heteroatoms. The van der Waals surface area contributed by atoms with Crippen molar-refractivity contribution in [1.29, 1.82) is 0 Å². The van der Waals surface area contributed by atoms with Crippen LogP contribution in [0.4, 0.5) is 5.69 Å². The predicted octanol–water partition coefficient (Wildman–Crippen LogP) is 1.10. The Balaban J connectivity index is 2.07. The van der Waals surface area contributed by atoms with E-state index in [0.717, 1.165) is 6.54 Å². The van der Waals surface area contributed by atoms with E-state index in [-0.39, 0.29) is 17.9 Å². The van der Waals surface area contributed by atoms with Crippen molar-refractivity contribution in [3.63, 3.8) is 0 Å². The molecule has 0 aromatic heterocycles. The predicted molar refractivity (Wildman–Crippen MR) is 91.5 cm³/mol. The molecule has 1 aliphatic heterocycles. The standard InChI is InChI=1S/C17H25N3O4/c1-4-24-15-9-12(17(22)20(2)3)5-6-14(15)19-16(21)10-13-11-23-8-7-18-13/h5-6,9,13,18H,4,7-8,10-11H2,1-3H3,(H,19,21). The number of hydrogen-bond donors (Lipinski definition) is 2. The fourth-order valence-corrected chi connectivity index (χ4v) is 2.47. The van der Waals surface area contributed by atoms with Gasteiger partial charge < -0.3 is 25.0 Å². The monoisotopic (exact) mass is 335 g/mol. The Hall–Kier alpha value is -2.12. The van der Waals surface area contributed by atoms with Gasteiger partial charge in [0, 0.05) is 38.7 Å². The van der Waals surface area contributed by atoms with Crippen LogP contribution in [0, 0.1) is 0 Å². The molecular weight excluding hydrogens is 310 g/mol. The summed E-state index contributed by atoms with van der Waals surface area (Å²) in [6.45, 7) is 4.26. The van der Waals surface area contributed by atoms with Crippen LogP contribution in [0.1, 0.15) is 23.7 Å². The zero-order valence-electron chi connectivity index (χ0n) is 14.4. The molecule has 1 unspecified atom stereocenters. The molecule has 1 aliphatic rings. The van der Waals surface area contributed by atoms with Gasteiger partial charge in [0.05, 0.1) is 25.5 Å². The number of nitrogens with zero attached hydrogens (tertiary/aromatic N) is 1. The van der Waals surface area contributed by atoms with Gasteiger partial charge in [-0.3, -0.25) is 9.59 Å². The van der Waals surface area contributed by atoms with Gasteiger partial charge >= 0.3 is 0 Å². The minimum atomic E-state index is -0.120. The summed E-state index contributed by atoms with van der Waals surface area (Å²) in [4.78, 5) is 25.8. The summed E-state index contributed by atoms with van der Waals surface area (Å²) in [6.07, 6.45) is 0.323. The number of amides is 2. The molecule has 2 N–H and O–H groups in total. The van der Waals surface area contributed by atoms with Gasteiger partial charge in [0.15, 0.2) is 0 Å². The van der Waals surface area contributed by atoms with Crippen molar-refractivity contribution in [3.8, 4) is 5.75 Å². The summed E-state index contributed by atoms with van der Waals surface area (Å²) in [6, 6.07) is 5.06. The van der Waals surface area contributed by atoms with Crippen molar-refractivity contribution in [2.75, 3.05) is 45.8 Å².